The molecule has 0 aliphatic heterocycles. The van der Waals surface area contributed by atoms with Crippen LogP contribution in [0.5, 0.6) is 5.88 Å². The number of benzene rings is 1. The third-order valence-electron chi connectivity index (χ3n) is 3.06. The fourth-order valence-corrected chi connectivity index (χ4v) is 1.95. The zero-order chi connectivity index (χ0) is 17.7. The first-order chi connectivity index (χ1) is 11.3. The van der Waals surface area contributed by atoms with Crippen molar-refractivity contribution in [1.29, 1.82) is 0 Å². The van der Waals surface area contributed by atoms with Crippen LogP contribution in [0.15, 0.2) is 48.7 Å². The van der Waals surface area contributed by atoms with E-state index in [-0.39, 0.29) is 23.6 Å². The van der Waals surface area contributed by atoms with E-state index in [1.807, 2.05) is 0 Å². The van der Waals surface area contributed by atoms with Crippen molar-refractivity contribution in [3.63, 3.8) is 0 Å². The van der Waals surface area contributed by atoms with Crippen molar-refractivity contribution in [1.82, 2.24) is 4.98 Å². The number of alkyl halides is 3. The molecule has 8 heteroatoms. The molecule has 0 aliphatic rings. The molecule has 1 heterocycles. The number of hydrogen-bond acceptors (Lipinski definition) is 4. The molecule has 0 atom stereocenters. The second kappa shape index (κ2) is 7.03. The Morgan fingerprint density at radius 3 is 2.50 bits per heavy atom. The van der Waals surface area contributed by atoms with E-state index in [1.165, 1.54) is 18.2 Å². The van der Waals surface area contributed by atoms with Crippen LogP contribution in [0.2, 0.25) is 0 Å². The fraction of sp³-hybridized carbons (Fsp3) is 0.125. The highest BCUT2D eigenvalue weighted by Gasteiger charge is 2.32. The van der Waals surface area contributed by atoms with Crippen molar-refractivity contribution in [2.45, 2.75) is 12.8 Å². The maximum absolute atomic E-state index is 12.6. The first-order valence-electron chi connectivity index (χ1n) is 6.66. The van der Waals surface area contributed by atoms with E-state index in [4.69, 9.17) is 14.9 Å². The molecule has 5 nitrogen and oxygen atoms in total. The lowest BCUT2D eigenvalue weighted by atomic mass is 10.0. The van der Waals surface area contributed by atoms with E-state index in [1.54, 1.807) is 12.1 Å². The van der Waals surface area contributed by atoms with E-state index in [0.717, 1.165) is 12.1 Å². The van der Waals surface area contributed by atoms with Gasteiger partial charge < -0.3 is 14.9 Å². The number of aromatic nitrogens is 1. The third-order valence-corrected chi connectivity index (χ3v) is 3.06. The van der Waals surface area contributed by atoms with Crippen LogP contribution in [0, 0.1) is 0 Å². The van der Waals surface area contributed by atoms with Crippen LogP contribution >= 0.6 is 0 Å². The van der Waals surface area contributed by atoms with E-state index in [0.29, 0.717) is 11.8 Å². The average molecular weight is 339 g/mol. The molecule has 0 amide bonds. The number of rotatable bonds is 5. The Hall–Kier alpha value is -3.03. The van der Waals surface area contributed by atoms with Crippen molar-refractivity contribution in [3.8, 4) is 5.88 Å². The SMILES string of the molecule is O=C(O)C(=CO)c1ccccc1COc1cccc(C(F)(F)F)n1. The van der Waals surface area contributed by atoms with Crippen LogP contribution in [0.4, 0.5) is 13.2 Å². The van der Waals surface area contributed by atoms with Gasteiger partial charge in [0.2, 0.25) is 5.88 Å². The number of carboxylic acid groups (broad SMARTS) is 1. The largest absolute Gasteiger partial charge is 0.515 e. The molecule has 0 fully saturated rings. The van der Waals surface area contributed by atoms with Crippen LogP contribution in [0.3, 0.4) is 0 Å². The Morgan fingerprint density at radius 2 is 1.88 bits per heavy atom. The summed E-state index contributed by atoms with van der Waals surface area (Å²) in [5.74, 6) is -1.59. The summed E-state index contributed by atoms with van der Waals surface area (Å²) in [5, 5.41) is 18.1. The Morgan fingerprint density at radius 1 is 1.17 bits per heavy atom. The van der Waals surface area contributed by atoms with Crippen molar-refractivity contribution in [2.24, 2.45) is 0 Å². The summed E-state index contributed by atoms with van der Waals surface area (Å²) in [7, 11) is 0. The van der Waals surface area contributed by atoms with E-state index >= 15 is 0 Å². The number of aliphatic hydroxyl groups is 1. The standard InChI is InChI=1S/C16H12F3NO4/c17-16(18,19)13-6-3-7-14(20-13)24-9-10-4-1-2-5-11(10)12(8-21)15(22)23/h1-8,21H,9H2,(H,22,23). The van der Waals surface area contributed by atoms with Crippen molar-refractivity contribution in [2.75, 3.05) is 0 Å². The fourth-order valence-electron chi connectivity index (χ4n) is 1.95. The van der Waals surface area contributed by atoms with Crippen LogP contribution < -0.4 is 4.74 Å². The van der Waals surface area contributed by atoms with Gasteiger partial charge in [-0.2, -0.15) is 13.2 Å². The first-order valence-corrected chi connectivity index (χ1v) is 6.66. The Labute approximate surface area is 134 Å². The molecule has 1 aromatic carbocycles. The predicted molar refractivity (Wildman–Crippen MR) is 78.3 cm³/mol. The number of aliphatic carboxylic acids is 1. The Kier molecular flexibility index (Phi) is 5.08. The van der Waals surface area contributed by atoms with E-state index in [2.05, 4.69) is 4.98 Å². The number of carboxylic acids is 1. The molecule has 2 rings (SSSR count). The zero-order valence-corrected chi connectivity index (χ0v) is 12.1. The lowest BCUT2D eigenvalue weighted by molar-refractivity contribution is -0.141. The molecule has 0 saturated heterocycles. The molecule has 0 radical (unpaired) electrons. The minimum atomic E-state index is -4.59. The smallest absolute Gasteiger partial charge is 0.433 e. The second-order valence-electron chi connectivity index (χ2n) is 4.65. The maximum atomic E-state index is 12.6. The number of halogens is 3. The van der Waals surface area contributed by atoms with Gasteiger partial charge in [0.25, 0.3) is 0 Å². The number of pyridine rings is 1. The number of hydrogen-bond donors (Lipinski definition) is 2. The van der Waals surface area contributed by atoms with Gasteiger partial charge in [-0.3, -0.25) is 0 Å². The molecular formula is C16H12F3NO4. The minimum absolute atomic E-state index is 0.194. The number of nitrogens with zero attached hydrogens (tertiary/aromatic N) is 1. The zero-order valence-electron chi connectivity index (χ0n) is 12.1. The lowest BCUT2D eigenvalue weighted by Crippen LogP contribution is -2.09. The van der Waals surface area contributed by atoms with Crippen LogP contribution in [0.25, 0.3) is 5.57 Å². The molecule has 2 aromatic rings. The molecule has 126 valence electrons. The molecule has 0 unspecified atom stereocenters. The van der Waals surface area contributed by atoms with Crippen LogP contribution in [-0.4, -0.2) is 21.2 Å². The van der Waals surface area contributed by atoms with Gasteiger partial charge in [-0.05, 0) is 17.2 Å². The van der Waals surface area contributed by atoms with Gasteiger partial charge >= 0.3 is 12.1 Å². The molecule has 0 spiro atoms. The minimum Gasteiger partial charge on any atom is -0.515 e. The Balaban J connectivity index is 2.23. The Bertz CT molecular complexity index is 772. The molecule has 1 aromatic heterocycles. The molecule has 0 saturated carbocycles. The summed E-state index contributed by atoms with van der Waals surface area (Å²) in [6.07, 6.45) is -4.14. The van der Waals surface area contributed by atoms with Gasteiger partial charge in [0.05, 0.1) is 6.26 Å². The summed E-state index contributed by atoms with van der Waals surface area (Å²) in [4.78, 5) is 14.5. The normalized spacial score (nSPS) is 12.0. The van der Waals surface area contributed by atoms with Gasteiger partial charge in [-0.1, -0.05) is 30.3 Å². The van der Waals surface area contributed by atoms with E-state index in [9.17, 15) is 18.0 Å². The maximum Gasteiger partial charge on any atom is 0.433 e. The number of aliphatic hydroxyl groups excluding tert-OH is 1. The molecular weight excluding hydrogens is 327 g/mol. The highest BCUT2D eigenvalue weighted by atomic mass is 19.4. The van der Waals surface area contributed by atoms with Crippen molar-refractivity contribution in [3.05, 3.63) is 65.5 Å². The summed E-state index contributed by atoms with van der Waals surface area (Å²) in [6.45, 7) is -0.213. The van der Waals surface area contributed by atoms with Gasteiger partial charge in [0.1, 0.15) is 17.9 Å². The summed E-state index contributed by atoms with van der Waals surface area (Å²) >= 11 is 0. The van der Waals surface area contributed by atoms with Crippen LogP contribution in [-0.2, 0) is 17.6 Å². The summed E-state index contributed by atoms with van der Waals surface area (Å²) in [6, 6.07) is 9.40. The van der Waals surface area contributed by atoms with Gasteiger partial charge in [-0.15, -0.1) is 0 Å². The summed E-state index contributed by atoms with van der Waals surface area (Å²) in [5.41, 5.74) is -0.875. The topological polar surface area (TPSA) is 79.7 Å². The quantitative estimate of drug-likeness (QED) is 0.642. The van der Waals surface area contributed by atoms with Gasteiger partial charge in [-0.25, -0.2) is 9.78 Å². The van der Waals surface area contributed by atoms with Gasteiger partial charge in [0.15, 0.2) is 0 Å². The molecule has 0 aliphatic carbocycles. The number of carbonyl (C=O) groups is 1. The highest BCUT2D eigenvalue weighted by Crippen LogP contribution is 2.29. The van der Waals surface area contributed by atoms with Crippen LogP contribution in [0.1, 0.15) is 16.8 Å². The number of ether oxygens (including phenoxy) is 1. The van der Waals surface area contributed by atoms with Crippen molar-refractivity contribution < 1.29 is 32.9 Å². The summed E-state index contributed by atoms with van der Waals surface area (Å²) < 4.78 is 43.1. The van der Waals surface area contributed by atoms with Gasteiger partial charge in [0, 0.05) is 6.07 Å². The molecule has 0 bridgehead atoms. The monoisotopic (exact) mass is 339 g/mol. The second-order valence-corrected chi connectivity index (χ2v) is 4.65. The highest BCUT2D eigenvalue weighted by molar-refractivity contribution is 6.15. The lowest BCUT2D eigenvalue weighted by Gasteiger charge is -2.12. The molecule has 24 heavy (non-hydrogen) atoms. The average Bonchev–Trinajstić information content (AvgIpc) is 2.54. The third kappa shape index (κ3) is 4.03. The van der Waals surface area contributed by atoms with E-state index < -0.39 is 17.8 Å². The van der Waals surface area contributed by atoms with Crippen molar-refractivity contribution >= 4 is 11.5 Å². The first kappa shape index (κ1) is 17.3. The molecule has 2 N–H and O–H groups in total. The predicted octanol–water partition coefficient (Wildman–Crippen LogP) is 3.66.